The molecule has 0 aliphatic carbocycles. The molecule has 128 valence electrons. The molecule has 0 saturated heterocycles. The first-order valence-electron chi connectivity index (χ1n) is 7.60. The van der Waals surface area contributed by atoms with Crippen LogP contribution in [0.25, 0.3) is 11.3 Å². The Labute approximate surface area is 156 Å². The van der Waals surface area contributed by atoms with Gasteiger partial charge in [-0.3, -0.25) is 0 Å². The van der Waals surface area contributed by atoms with E-state index in [9.17, 15) is 0 Å². The van der Waals surface area contributed by atoms with E-state index in [1.807, 2.05) is 42.5 Å². The second kappa shape index (κ2) is 8.10. The van der Waals surface area contributed by atoms with E-state index in [0.29, 0.717) is 28.1 Å². The number of nitrogens with one attached hydrogen (secondary N) is 1. The van der Waals surface area contributed by atoms with E-state index in [4.69, 9.17) is 32.4 Å². The molecular weight excluding hydrogens is 359 g/mol. The average molecular weight is 375 g/mol. The molecule has 0 unspecified atom stereocenters. The monoisotopic (exact) mass is 374 g/mol. The maximum atomic E-state index is 6.04. The molecule has 0 bridgehead atoms. The minimum Gasteiger partial charge on any atom is -0.496 e. The Morgan fingerprint density at radius 2 is 1.92 bits per heavy atom. The van der Waals surface area contributed by atoms with Gasteiger partial charge in [-0.2, -0.15) is 5.10 Å². The van der Waals surface area contributed by atoms with Crippen molar-refractivity contribution in [1.29, 1.82) is 0 Å². The first kappa shape index (κ1) is 17.4. The molecule has 25 heavy (non-hydrogen) atoms. The predicted molar refractivity (Wildman–Crippen MR) is 102 cm³/mol. The summed E-state index contributed by atoms with van der Waals surface area (Å²) in [6.07, 6.45) is 1.62. The highest BCUT2D eigenvalue weighted by atomic mass is 35.5. The molecule has 1 heterocycles. The van der Waals surface area contributed by atoms with Crippen molar-refractivity contribution >= 4 is 29.4 Å². The number of rotatable bonds is 6. The van der Waals surface area contributed by atoms with Crippen molar-refractivity contribution in [1.82, 2.24) is 5.43 Å². The second-order valence-electron chi connectivity index (χ2n) is 5.24. The number of hydrogen-bond donors (Lipinski definition) is 1. The predicted octanol–water partition coefficient (Wildman–Crippen LogP) is 5.39. The summed E-state index contributed by atoms with van der Waals surface area (Å²) >= 11 is 12.0. The average Bonchev–Trinajstić information content (AvgIpc) is 3.10. The van der Waals surface area contributed by atoms with Crippen LogP contribution in [0.1, 0.15) is 11.3 Å². The van der Waals surface area contributed by atoms with Crippen LogP contribution in [0, 0.1) is 0 Å². The number of nitrogens with zero attached hydrogens (tertiary/aromatic N) is 1. The number of halogens is 2. The molecule has 0 radical (unpaired) electrons. The van der Waals surface area contributed by atoms with Crippen LogP contribution in [0.15, 0.2) is 64.1 Å². The number of benzene rings is 2. The van der Waals surface area contributed by atoms with Crippen molar-refractivity contribution in [2.24, 2.45) is 5.10 Å². The Bertz CT molecular complexity index is 891. The topological polar surface area (TPSA) is 46.8 Å². The molecule has 4 nitrogen and oxygen atoms in total. The maximum Gasteiger partial charge on any atom is 0.147 e. The molecule has 3 aromatic rings. The van der Waals surface area contributed by atoms with Gasteiger partial charge in [-0.05, 0) is 36.4 Å². The van der Waals surface area contributed by atoms with Gasteiger partial charge < -0.3 is 14.6 Å². The molecule has 6 heteroatoms. The third kappa shape index (κ3) is 4.35. The summed E-state index contributed by atoms with van der Waals surface area (Å²) in [4.78, 5) is 0. The molecule has 0 aliphatic heterocycles. The molecule has 2 aromatic carbocycles. The van der Waals surface area contributed by atoms with E-state index in [2.05, 4.69) is 10.5 Å². The van der Waals surface area contributed by atoms with Crippen molar-refractivity contribution in [3.05, 3.63) is 76.0 Å². The van der Waals surface area contributed by atoms with Gasteiger partial charge in [0, 0.05) is 11.1 Å². The van der Waals surface area contributed by atoms with E-state index < -0.39 is 0 Å². The summed E-state index contributed by atoms with van der Waals surface area (Å²) in [5.74, 6) is 2.16. The third-order valence-electron chi connectivity index (χ3n) is 3.58. The summed E-state index contributed by atoms with van der Waals surface area (Å²) in [7, 11) is 1.65. The number of methoxy groups -OCH3 is 1. The fourth-order valence-corrected chi connectivity index (χ4v) is 2.61. The van der Waals surface area contributed by atoms with Crippen LogP contribution in [-0.2, 0) is 6.54 Å². The lowest BCUT2D eigenvalue weighted by molar-refractivity contribution is 0.408. The normalized spacial score (nSPS) is 11.0. The number of para-hydroxylation sites is 1. The Morgan fingerprint density at radius 1 is 1.08 bits per heavy atom. The largest absolute Gasteiger partial charge is 0.496 e. The number of ether oxygens (including phenoxy) is 1. The standard InChI is InChI=1S/C19H16Cl2N2O2/c1-24-18-5-3-2-4-14(18)11-22-23-12-15-7-9-19(25-15)13-6-8-16(20)17(21)10-13/h2-10,12,22H,11H2,1H3/b23-12-. The number of hydrogen-bond acceptors (Lipinski definition) is 4. The van der Waals surface area contributed by atoms with Crippen molar-refractivity contribution < 1.29 is 9.15 Å². The Morgan fingerprint density at radius 3 is 2.72 bits per heavy atom. The van der Waals surface area contributed by atoms with Crippen LogP contribution < -0.4 is 10.2 Å². The molecule has 0 spiro atoms. The molecule has 0 saturated carbocycles. The van der Waals surface area contributed by atoms with Crippen LogP contribution in [-0.4, -0.2) is 13.3 Å². The lowest BCUT2D eigenvalue weighted by Crippen LogP contribution is -2.06. The van der Waals surface area contributed by atoms with Crippen molar-refractivity contribution in [3.8, 4) is 17.1 Å². The molecule has 0 aliphatic rings. The maximum absolute atomic E-state index is 6.04. The molecule has 1 aromatic heterocycles. The van der Waals surface area contributed by atoms with Crippen LogP contribution in [0.5, 0.6) is 5.75 Å². The molecule has 0 amide bonds. The van der Waals surface area contributed by atoms with Crippen LogP contribution in [0.2, 0.25) is 10.0 Å². The highest BCUT2D eigenvalue weighted by molar-refractivity contribution is 6.42. The highest BCUT2D eigenvalue weighted by Crippen LogP contribution is 2.29. The lowest BCUT2D eigenvalue weighted by atomic mass is 10.2. The van der Waals surface area contributed by atoms with E-state index in [1.54, 1.807) is 25.5 Å². The Balaban J connectivity index is 1.63. The molecule has 1 N–H and O–H groups in total. The SMILES string of the molecule is COc1ccccc1CN/N=C\c1ccc(-c2ccc(Cl)c(Cl)c2)o1. The van der Waals surface area contributed by atoms with Crippen molar-refractivity contribution in [2.45, 2.75) is 6.54 Å². The van der Waals surface area contributed by atoms with E-state index in [-0.39, 0.29) is 0 Å². The number of furan rings is 1. The van der Waals surface area contributed by atoms with E-state index in [0.717, 1.165) is 16.9 Å². The first-order valence-corrected chi connectivity index (χ1v) is 8.36. The van der Waals surface area contributed by atoms with Gasteiger partial charge in [-0.1, -0.05) is 41.4 Å². The van der Waals surface area contributed by atoms with Crippen LogP contribution >= 0.6 is 23.2 Å². The zero-order valence-corrected chi connectivity index (χ0v) is 15.0. The fourth-order valence-electron chi connectivity index (χ4n) is 2.32. The zero-order valence-electron chi connectivity index (χ0n) is 13.5. The minimum atomic E-state index is 0.490. The smallest absolute Gasteiger partial charge is 0.147 e. The summed E-state index contributed by atoms with van der Waals surface area (Å²) in [6, 6.07) is 16.8. The highest BCUT2D eigenvalue weighted by Gasteiger charge is 2.06. The van der Waals surface area contributed by atoms with Gasteiger partial charge in [0.15, 0.2) is 0 Å². The van der Waals surface area contributed by atoms with Gasteiger partial charge >= 0.3 is 0 Å². The van der Waals surface area contributed by atoms with Crippen molar-refractivity contribution in [2.75, 3.05) is 7.11 Å². The summed E-state index contributed by atoms with van der Waals surface area (Å²) < 4.78 is 11.0. The minimum absolute atomic E-state index is 0.490. The summed E-state index contributed by atoms with van der Waals surface area (Å²) in [6.45, 7) is 0.556. The third-order valence-corrected chi connectivity index (χ3v) is 4.32. The van der Waals surface area contributed by atoms with Gasteiger partial charge in [0.05, 0.1) is 29.9 Å². The zero-order chi connectivity index (χ0) is 17.6. The fraction of sp³-hybridized carbons (Fsp3) is 0.105. The van der Waals surface area contributed by atoms with Gasteiger partial charge in [0.25, 0.3) is 0 Å². The van der Waals surface area contributed by atoms with E-state index >= 15 is 0 Å². The molecule has 0 atom stereocenters. The van der Waals surface area contributed by atoms with Gasteiger partial charge in [0.2, 0.25) is 0 Å². The molecule has 3 rings (SSSR count). The second-order valence-corrected chi connectivity index (χ2v) is 6.05. The molecular formula is C19H16Cl2N2O2. The lowest BCUT2D eigenvalue weighted by Gasteiger charge is -2.06. The quantitative estimate of drug-likeness (QED) is 0.464. The summed E-state index contributed by atoms with van der Waals surface area (Å²) in [5, 5.41) is 5.18. The first-order chi connectivity index (χ1) is 12.2. The van der Waals surface area contributed by atoms with Crippen LogP contribution in [0.3, 0.4) is 0 Å². The molecule has 0 fully saturated rings. The Hall–Kier alpha value is -2.43. The summed E-state index contributed by atoms with van der Waals surface area (Å²) in [5.41, 5.74) is 4.86. The van der Waals surface area contributed by atoms with Gasteiger partial charge in [0.1, 0.15) is 17.3 Å². The number of hydrazone groups is 1. The Kier molecular flexibility index (Phi) is 5.64. The van der Waals surface area contributed by atoms with Gasteiger partial charge in [-0.15, -0.1) is 0 Å². The van der Waals surface area contributed by atoms with Crippen LogP contribution in [0.4, 0.5) is 0 Å². The van der Waals surface area contributed by atoms with Crippen molar-refractivity contribution in [3.63, 3.8) is 0 Å². The van der Waals surface area contributed by atoms with E-state index in [1.165, 1.54) is 0 Å². The van der Waals surface area contributed by atoms with Gasteiger partial charge in [-0.25, -0.2) is 0 Å².